The first-order valence-corrected chi connectivity index (χ1v) is 22.8. The summed E-state index contributed by atoms with van der Waals surface area (Å²) in [5.41, 5.74) is 0.386. The molecule has 0 radical (unpaired) electrons. The number of rotatable bonds is 39. The van der Waals surface area contributed by atoms with Crippen LogP contribution in [0.5, 0.6) is 0 Å². The summed E-state index contributed by atoms with van der Waals surface area (Å²) < 4.78 is 11.4. The van der Waals surface area contributed by atoms with E-state index in [-0.39, 0.29) is 24.0 Å². The Bertz CT molecular complexity index is 829. The van der Waals surface area contributed by atoms with Crippen molar-refractivity contribution in [1.82, 2.24) is 4.90 Å². The number of esters is 2. The van der Waals surface area contributed by atoms with Gasteiger partial charge < -0.3 is 19.5 Å². The Balaban J connectivity index is 2.19. The van der Waals surface area contributed by atoms with Gasteiger partial charge in [0, 0.05) is 19.4 Å². The Morgan fingerprint density at radius 1 is 0.615 bits per heavy atom. The van der Waals surface area contributed by atoms with Gasteiger partial charge in [-0.3, -0.25) is 9.59 Å². The number of aliphatic hydroxyl groups is 1. The van der Waals surface area contributed by atoms with Gasteiger partial charge in [0.15, 0.2) is 0 Å². The molecule has 0 unspecified atom stereocenters. The minimum absolute atomic E-state index is 0.0133. The molecule has 6 heteroatoms. The molecule has 1 saturated carbocycles. The van der Waals surface area contributed by atoms with Crippen molar-refractivity contribution < 1.29 is 24.2 Å². The summed E-state index contributed by atoms with van der Waals surface area (Å²) in [6.07, 6.45) is 35.4. The van der Waals surface area contributed by atoms with E-state index in [1.165, 1.54) is 122 Å². The molecular formula is C46H89NO5. The number of unbranched alkanes of at least 4 members (excludes halogenated alkanes) is 15. The molecule has 308 valence electrons. The molecular weight excluding hydrogens is 647 g/mol. The smallest absolute Gasteiger partial charge is 0.305 e. The summed E-state index contributed by atoms with van der Waals surface area (Å²) in [5.74, 6) is 0.687. The van der Waals surface area contributed by atoms with Crippen LogP contribution < -0.4 is 0 Å². The van der Waals surface area contributed by atoms with Gasteiger partial charge in [0.05, 0.1) is 19.8 Å². The zero-order chi connectivity index (χ0) is 38.2. The lowest BCUT2D eigenvalue weighted by atomic mass is 9.88. The normalized spacial score (nSPS) is 14.0. The number of nitrogens with zero attached hydrogens (tertiary/aromatic N) is 1. The standard InChI is InChI=1S/C46H89NO5/c1-6-9-12-15-16-17-21-28-43(49)52-41-45(4,5)31-22-18-24-36-47(38-39-48)37-25-23-32-46(34-35-46)33-29-44(50)51-40-30-42(26-19-13-10-7-2)27-20-14-11-8-3/h42,48H,6-41H2,1-5H3. The first-order chi connectivity index (χ1) is 25.2. The van der Waals surface area contributed by atoms with Crippen molar-refractivity contribution >= 4 is 11.9 Å². The SMILES string of the molecule is CCCCCCCCCC(=O)OCC(C)(C)CCCCCN(CCO)CCCCC1(CCC(=O)OCCC(CCCCCC)CCCCCC)CC1. The minimum atomic E-state index is -0.0353. The average Bonchev–Trinajstić information content (AvgIpc) is 3.91. The molecule has 0 bridgehead atoms. The Morgan fingerprint density at radius 2 is 1.15 bits per heavy atom. The van der Waals surface area contributed by atoms with E-state index in [1.807, 2.05) is 0 Å². The summed E-state index contributed by atoms with van der Waals surface area (Å²) in [6.45, 7) is 15.4. The van der Waals surface area contributed by atoms with Crippen LogP contribution in [0.2, 0.25) is 0 Å². The van der Waals surface area contributed by atoms with Crippen molar-refractivity contribution in [2.24, 2.45) is 16.7 Å². The van der Waals surface area contributed by atoms with E-state index in [9.17, 15) is 14.7 Å². The highest BCUT2D eigenvalue weighted by Gasteiger charge is 2.41. The van der Waals surface area contributed by atoms with Gasteiger partial charge in [-0.2, -0.15) is 0 Å². The molecule has 0 aromatic heterocycles. The molecule has 1 aliphatic rings. The molecule has 0 atom stereocenters. The van der Waals surface area contributed by atoms with Crippen LogP contribution in [0.25, 0.3) is 0 Å². The van der Waals surface area contributed by atoms with Gasteiger partial charge >= 0.3 is 11.9 Å². The van der Waals surface area contributed by atoms with Crippen LogP contribution >= 0.6 is 0 Å². The fraction of sp³-hybridized carbons (Fsp3) is 0.957. The number of carbonyl (C=O) groups excluding carboxylic acids is 2. The molecule has 52 heavy (non-hydrogen) atoms. The Kier molecular flexibility index (Phi) is 30.2. The first-order valence-electron chi connectivity index (χ1n) is 22.8. The topological polar surface area (TPSA) is 76.1 Å². The summed E-state index contributed by atoms with van der Waals surface area (Å²) in [6, 6.07) is 0. The zero-order valence-corrected chi connectivity index (χ0v) is 35.6. The Morgan fingerprint density at radius 3 is 1.75 bits per heavy atom. The van der Waals surface area contributed by atoms with E-state index < -0.39 is 0 Å². The second-order valence-electron chi connectivity index (χ2n) is 17.6. The van der Waals surface area contributed by atoms with Crippen molar-refractivity contribution in [2.45, 2.75) is 227 Å². The highest BCUT2D eigenvalue weighted by atomic mass is 16.5. The predicted octanol–water partition coefficient (Wildman–Crippen LogP) is 12.8. The monoisotopic (exact) mass is 736 g/mol. The third-order valence-corrected chi connectivity index (χ3v) is 11.8. The number of aliphatic hydroxyl groups excluding tert-OH is 1. The molecule has 0 heterocycles. The fourth-order valence-electron chi connectivity index (χ4n) is 7.81. The van der Waals surface area contributed by atoms with Crippen LogP contribution in [0.1, 0.15) is 227 Å². The third kappa shape index (κ3) is 28.3. The highest BCUT2D eigenvalue weighted by molar-refractivity contribution is 5.69. The molecule has 1 aliphatic carbocycles. The van der Waals surface area contributed by atoms with Crippen LogP contribution in [0.15, 0.2) is 0 Å². The van der Waals surface area contributed by atoms with Crippen molar-refractivity contribution in [2.75, 3.05) is 39.5 Å². The van der Waals surface area contributed by atoms with Crippen molar-refractivity contribution in [3.05, 3.63) is 0 Å². The molecule has 0 aliphatic heterocycles. The number of ether oxygens (including phenoxy) is 2. The number of hydrogen-bond acceptors (Lipinski definition) is 6. The van der Waals surface area contributed by atoms with Crippen LogP contribution in [0, 0.1) is 16.7 Å². The lowest BCUT2D eigenvalue weighted by Crippen LogP contribution is -2.29. The van der Waals surface area contributed by atoms with Gasteiger partial charge in [0.1, 0.15) is 0 Å². The molecule has 0 spiro atoms. The summed E-state index contributed by atoms with van der Waals surface area (Å²) in [7, 11) is 0. The van der Waals surface area contributed by atoms with E-state index in [0.29, 0.717) is 37.4 Å². The Hall–Kier alpha value is -1.14. The molecule has 1 fully saturated rings. The van der Waals surface area contributed by atoms with Gasteiger partial charge in [0.25, 0.3) is 0 Å². The van der Waals surface area contributed by atoms with Crippen LogP contribution in [-0.2, 0) is 19.1 Å². The summed E-state index contributed by atoms with van der Waals surface area (Å²) in [4.78, 5) is 27.3. The summed E-state index contributed by atoms with van der Waals surface area (Å²) >= 11 is 0. The molecule has 0 amide bonds. The second kappa shape index (κ2) is 32.1. The van der Waals surface area contributed by atoms with E-state index in [1.54, 1.807) is 0 Å². The first kappa shape index (κ1) is 48.9. The fourth-order valence-corrected chi connectivity index (χ4v) is 7.81. The van der Waals surface area contributed by atoms with Crippen LogP contribution in [-0.4, -0.2) is 61.4 Å². The largest absolute Gasteiger partial charge is 0.466 e. The van der Waals surface area contributed by atoms with Gasteiger partial charge in [-0.25, -0.2) is 0 Å². The van der Waals surface area contributed by atoms with Gasteiger partial charge in [-0.1, -0.05) is 157 Å². The maximum absolute atomic E-state index is 12.7. The number of carbonyl (C=O) groups is 2. The maximum atomic E-state index is 12.7. The van der Waals surface area contributed by atoms with E-state index in [2.05, 4.69) is 39.5 Å². The van der Waals surface area contributed by atoms with Crippen molar-refractivity contribution in [3.8, 4) is 0 Å². The molecule has 6 nitrogen and oxygen atoms in total. The molecule has 1 N–H and O–H groups in total. The third-order valence-electron chi connectivity index (χ3n) is 11.8. The highest BCUT2D eigenvalue weighted by Crippen LogP contribution is 2.53. The van der Waals surface area contributed by atoms with Gasteiger partial charge in [-0.15, -0.1) is 0 Å². The zero-order valence-electron chi connectivity index (χ0n) is 35.6. The second-order valence-corrected chi connectivity index (χ2v) is 17.6. The van der Waals surface area contributed by atoms with E-state index >= 15 is 0 Å². The Labute approximate surface area is 323 Å². The lowest BCUT2D eigenvalue weighted by molar-refractivity contribution is -0.147. The van der Waals surface area contributed by atoms with E-state index in [4.69, 9.17) is 9.47 Å². The minimum Gasteiger partial charge on any atom is -0.466 e. The molecule has 0 aromatic carbocycles. The summed E-state index contributed by atoms with van der Waals surface area (Å²) in [5, 5.41) is 9.66. The van der Waals surface area contributed by atoms with Crippen molar-refractivity contribution in [1.29, 1.82) is 0 Å². The molecule has 1 rings (SSSR count). The van der Waals surface area contributed by atoms with Crippen molar-refractivity contribution in [3.63, 3.8) is 0 Å². The lowest BCUT2D eigenvalue weighted by Gasteiger charge is -2.25. The number of hydrogen-bond donors (Lipinski definition) is 1. The van der Waals surface area contributed by atoms with Gasteiger partial charge in [0.2, 0.25) is 0 Å². The molecule has 0 saturated heterocycles. The van der Waals surface area contributed by atoms with Crippen LogP contribution in [0.4, 0.5) is 0 Å². The average molecular weight is 736 g/mol. The molecule has 0 aromatic rings. The van der Waals surface area contributed by atoms with E-state index in [0.717, 1.165) is 77.4 Å². The maximum Gasteiger partial charge on any atom is 0.305 e. The van der Waals surface area contributed by atoms with Crippen LogP contribution in [0.3, 0.4) is 0 Å². The quantitative estimate of drug-likeness (QED) is 0.0500. The van der Waals surface area contributed by atoms with Gasteiger partial charge in [-0.05, 0) is 87.6 Å². The predicted molar refractivity (Wildman–Crippen MR) is 221 cm³/mol.